The van der Waals surface area contributed by atoms with Crippen molar-refractivity contribution in [2.24, 2.45) is 11.8 Å². The van der Waals surface area contributed by atoms with Crippen LogP contribution in [0.3, 0.4) is 0 Å². The first-order chi connectivity index (χ1) is 4.72. The fourth-order valence-electron chi connectivity index (χ4n) is 1.33. The third kappa shape index (κ3) is 3.92. The summed E-state index contributed by atoms with van der Waals surface area (Å²) < 4.78 is 0. The average molecular weight is 142 g/mol. The van der Waals surface area contributed by atoms with Gasteiger partial charge in [-0.2, -0.15) is 0 Å². The van der Waals surface area contributed by atoms with Gasteiger partial charge in [-0.1, -0.05) is 53.4 Å². The zero-order chi connectivity index (χ0) is 7.98. The van der Waals surface area contributed by atoms with Crippen molar-refractivity contribution in [2.75, 3.05) is 0 Å². The van der Waals surface area contributed by atoms with E-state index in [4.69, 9.17) is 0 Å². The zero-order valence-corrected chi connectivity index (χ0v) is 7.98. The summed E-state index contributed by atoms with van der Waals surface area (Å²) in [5.74, 6) is 2.03. The predicted octanol–water partition coefficient (Wildman–Crippen LogP) is 3.86. The van der Waals surface area contributed by atoms with Crippen LogP contribution in [0, 0.1) is 11.8 Å². The highest BCUT2D eigenvalue weighted by Crippen LogP contribution is 2.29. The van der Waals surface area contributed by atoms with Gasteiger partial charge in [0.05, 0.1) is 0 Å². The highest BCUT2D eigenvalue weighted by Gasteiger charge is 2.17. The maximum atomic E-state index is 2.36. The summed E-state index contributed by atoms with van der Waals surface area (Å²) in [6, 6.07) is 0. The van der Waals surface area contributed by atoms with Crippen LogP contribution >= 0.6 is 0 Å². The van der Waals surface area contributed by atoms with E-state index in [-0.39, 0.29) is 0 Å². The molecular formula is C10H22. The van der Waals surface area contributed by atoms with Crippen LogP contribution in [0.5, 0.6) is 0 Å². The van der Waals surface area contributed by atoms with Crippen LogP contribution in [-0.2, 0) is 0 Å². The molecule has 2 atom stereocenters. The fraction of sp³-hybridized carbons (Fsp3) is 1.00. The minimum atomic E-state index is 1.01. The molecule has 2 unspecified atom stereocenters. The van der Waals surface area contributed by atoms with Gasteiger partial charge in [0.25, 0.3) is 0 Å². The third-order valence-corrected chi connectivity index (χ3v) is 2.29. The minimum Gasteiger partial charge on any atom is -0.0656 e. The zero-order valence-electron chi connectivity index (χ0n) is 7.98. The topological polar surface area (TPSA) is 0 Å². The standard InChI is InChI=1S/C7H14.C3H8/c1-6-4-3-5-7(6)2;1-3-2/h6-7H,3-5H2,1-2H3;3H2,1-2H3. The second-order valence-corrected chi connectivity index (χ2v) is 3.59. The van der Waals surface area contributed by atoms with Crippen molar-refractivity contribution in [1.29, 1.82) is 0 Å². The van der Waals surface area contributed by atoms with Crippen molar-refractivity contribution >= 4 is 0 Å². The van der Waals surface area contributed by atoms with E-state index in [0.29, 0.717) is 0 Å². The monoisotopic (exact) mass is 142 g/mol. The van der Waals surface area contributed by atoms with E-state index in [9.17, 15) is 0 Å². The molecule has 0 aromatic heterocycles. The first-order valence-electron chi connectivity index (χ1n) is 4.72. The van der Waals surface area contributed by atoms with Gasteiger partial charge in [-0.15, -0.1) is 0 Å². The van der Waals surface area contributed by atoms with E-state index in [2.05, 4.69) is 27.7 Å². The summed E-state index contributed by atoms with van der Waals surface area (Å²) in [5, 5.41) is 0. The van der Waals surface area contributed by atoms with Crippen molar-refractivity contribution in [1.82, 2.24) is 0 Å². The lowest BCUT2D eigenvalue weighted by molar-refractivity contribution is 0.457. The van der Waals surface area contributed by atoms with Gasteiger partial charge in [0, 0.05) is 0 Å². The van der Waals surface area contributed by atoms with Crippen LogP contribution < -0.4 is 0 Å². The number of hydrogen-bond acceptors (Lipinski definition) is 0. The smallest absolute Gasteiger partial charge is 0.0417 e. The quantitative estimate of drug-likeness (QED) is 0.482. The van der Waals surface area contributed by atoms with Crippen LogP contribution in [-0.4, -0.2) is 0 Å². The summed E-state index contributed by atoms with van der Waals surface area (Å²) >= 11 is 0. The van der Waals surface area contributed by atoms with Crippen molar-refractivity contribution in [2.45, 2.75) is 53.4 Å². The average Bonchev–Trinajstić information content (AvgIpc) is 2.19. The lowest BCUT2D eigenvalue weighted by Crippen LogP contribution is -1.95. The Morgan fingerprint density at radius 3 is 1.40 bits per heavy atom. The third-order valence-electron chi connectivity index (χ3n) is 2.29. The molecule has 0 bridgehead atoms. The van der Waals surface area contributed by atoms with Crippen LogP contribution in [0.25, 0.3) is 0 Å². The summed E-state index contributed by atoms with van der Waals surface area (Å²) in [4.78, 5) is 0. The molecule has 1 saturated carbocycles. The molecule has 1 rings (SSSR count). The molecule has 0 radical (unpaired) electrons. The highest BCUT2D eigenvalue weighted by atomic mass is 14.2. The van der Waals surface area contributed by atoms with Crippen molar-refractivity contribution in [3.05, 3.63) is 0 Å². The Labute approximate surface area is 66.0 Å². The molecule has 0 aromatic rings. The minimum absolute atomic E-state index is 1.01. The number of hydrogen-bond donors (Lipinski definition) is 0. The van der Waals surface area contributed by atoms with Gasteiger partial charge in [-0.05, 0) is 11.8 Å². The molecule has 0 heteroatoms. The molecule has 1 aliphatic rings. The van der Waals surface area contributed by atoms with Gasteiger partial charge in [0.2, 0.25) is 0 Å². The van der Waals surface area contributed by atoms with E-state index in [1.165, 1.54) is 25.7 Å². The van der Waals surface area contributed by atoms with Gasteiger partial charge in [-0.3, -0.25) is 0 Å². The molecule has 0 spiro atoms. The van der Waals surface area contributed by atoms with E-state index in [1.54, 1.807) is 0 Å². The Kier molecular flexibility index (Phi) is 5.76. The Morgan fingerprint density at radius 2 is 1.30 bits per heavy atom. The molecule has 62 valence electrons. The van der Waals surface area contributed by atoms with Gasteiger partial charge < -0.3 is 0 Å². The first kappa shape index (κ1) is 10.0. The normalized spacial score (nSPS) is 31.2. The Hall–Kier alpha value is 0. The van der Waals surface area contributed by atoms with Gasteiger partial charge >= 0.3 is 0 Å². The Bertz CT molecular complexity index is 58.4. The molecule has 0 aromatic carbocycles. The summed E-state index contributed by atoms with van der Waals surface area (Å²) in [7, 11) is 0. The summed E-state index contributed by atoms with van der Waals surface area (Å²) in [5.41, 5.74) is 0. The van der Waals surface area contributed by atoms with Crippen molar-refractivity contribution in [3.63, 3.8) is 0 Å². The molecule has 1 aliphatic carbocycles. The van der Waals surface area contributed by atoms with Crippen LogP contribution in [0.1, 0.15) is 53.4 Å². The van der Waals surface area contributed by atoms with Gasteiger partial charge in [-0.25, -0.2) is 0 Å². The molecule has 10 heavy (non-hydrogen) atoms. The lowest BCUT2D eigenvalue weighted by Gasteiger charge is -2.05. The predicted molar refractivity (Wildman–Crippen MR) is 48.1 cm³/mol. The molecule has 0 aliphatic heterocycles. The van der Waals surface area contributed by atoms with E-state index >= 15 is 0 Å². The van der Waals surface area contributed by atoms with Gasteiger partial charge in [0.15, 0.2) is 0 Å². The molecule has 0 saturated heterocycles. The van der Waals surface area contributed by atoms with Crippen molar-refractivity contribution < 1.29 is 0 Å². The second kappa shape index (κ2) is 5.76. The number of rotatable bonds is 0. The Morgan fingerprint density at radius 1 is 1.00 bits per heavy atom. The van der Waals surface area contributed by atoms with E-state index < -0.39 is 0 Å². The summed E-state index contributed by atoms with van der Waals surface area (Å²) in [6.45, 7) is 8.97. The molecule has 0 heterocycles. The van der Waals surface area contributed by atoms with Crippen molar-refractivity contribution in [3.8, 4) is 0 Å². The maximum absolute atomic E-state index is 2.36. The highest BCUT2D eigenvalue weighted by molar-refractivity contribution is 4.69. The van der Waals surface area contributed by atoms with Crippen LogP contribution in [0.15, 0.2) is 0 Å². The first-order valence-corrected chi connectivity index (χ1v) is 4.72. The Balaban J connectivity index is 0.000000236. The van der Waals surface area contributed by atoms with E-state index in [0.717, 1.165) is 11.8 Å². The van der Waals surface area contributed by atoms with Gasteiger partial charge in [0.1, 0.15) is 0 Å². The molecular weight excluding hydrogens is 120 g/mol. The molecule has 1 fully saturated rings. The summed E-state index contributed by atoms with van der Waals surface area (Å²) in [6.07, 6.45) is 5.67. The molecule has 0 N–H and O–H groups in total. The maximum Gasteiger partial charge on any atom is -0.0417 e. The van der Waals surface area contributed by atoms with Crippen LogP contribution in [0.2, 0.25) is 0 Å². The van der Waals surface area contributed by atoms with E-state index in [1.807, 2.05) is 0 Å². The SMILES string of the molecule is CC1CCCC1C.CCC. The largest absolute Gasteiger partial charge is 0.0656 e. The molecule has 0 amide bonds. The molecule has 0 nitrogen and oxygen atoms in total. The fourth-order valence-corrected chi connectivity index (χ4v) is 1.33. The van der Waals surface area contributed by atoms with Crippen LogP contribution in [0.4, 0.5) is 0 Å². The lowest BCUT2D eigenvalue weighted by atomic mass is 10.0. The second-order valence-electron chi connectivity index (χ2n) is 3.59.